The number of aryl methyl sites for hydroxylation is 1. The highest BCUT2D eigenvalue weighted by Gasteiger charge is 2.06. The molecule has 0 saturated carbocycles. The molecule has 0 saturated heterocycles. The molecule has 0 atom stereocenters. The zero-order chi connectivity index (χ0) is 10.1. The zero-order valence-electron chi connectivity index (χ0n) is 7.58. The Kier molecular flexibility index (Phi) is 2.11. The SMILES string of the molecule is Cc1cnc2c(C#N)c(Cl)ccc2c1. The molecule has 2 rings (SSSR count). The van der Waals surface area contributed by atoms with E-state index in [2.05, 4.69) is 11.1 Å². The Balaban J connectivity index is 2.90. The summed E-state index contributed by atoms with van der Waals surface area (Å²) in [5.74, 6) is 0. The number of hydrogen-bond donors (Lipinski definition) is 0. The van der Waals surface area contributed by atoms with Crippen molar-refractivity contribution in [1.82, 2.24) is 4.98 Å². The van der Waals surface area contributed by atoms with Crippen LogP contribution in [0.1, 0.15) is 11.1 Å². The van der Waals surface area contributed by atoms with Crippen LogP contribution in [-0.4, -0.2) is 4.98 Å². The molecular formula is C11H7ClN2. The van der Waals surface area contributed by atoms with Gasteiger partial charge in [-0.25, -0.2) is 0 Å². The molecule has 0 N–H and O–H groups in total. The van der Waals surface area contributed by atoms with Crippen LogP contribution in [0.4, 0.5) is 0 Å². The summed E-state index contributed by atoms with van der Waals surface area (Å²) in [7, 11) is 0. The fraction of sp³-hybridized carbons (Fsp3) is 0.0909. The number of rotatable bonds is 0. The van der Waals surface area contributed by atoms with E-state index >= 15 is 0 Å². The van der Waals surface area contributed by atoms with Gasteiger partial charge in [0, 0.05) is 11.6 Å². The molecule has 0 aliphatic heterocycles. The van der Waals surface area contributed by atoms with E-state index in [9.17, 15) is 0 Å². The van der Waals surface area contributed by atoms with E-state index in [1.165, 1.54) is 0 Å². The molecule has 0 amide bonds. The van der Waals surface area contributed by atoms with Gasteiger partial charge in [0.2, 0.25) is 0 Å². The lowest BCUT2D eigenvalue weighted by molar-refractivity contribution is 1.32. The first-order chi connectivity index (χ1) is 6.72. The van der Waals surface area contributed by atoms with Crippen molar-refractivity contribution in [3.05, 3.63) is 40.5 Å². The lowest BCUT2D eigenvalue weighted by Gasteiger charge is -2.01. The van der Waals surface area contributed by atoms with Crippen molar-refractivity contribution in [3.8, 4) is 6.07 Å². The maximum atomic E-state index is 8.91. The second-order valence-electron chi connectivity index (χ2n) is 3.12. The van der Waals surface area contributed by atoms with E-state index in [0.29, 0.717) is 16.1 Å². The molecule has 2 nitrogen and oxygen atoms in total. The van der Waals surface area contributed by atoms with Gasteiger partial charge >= 0.3 is 0 Å². The van der Waals surface area contributed by atoms with Gasteiger partial charge in [0.1, 0.15) is 6.07 Å². The predicted molar refractivity (Wildman–Crippen MR) is 56.2 cm³/mol. The van der Waals surface area contributed by atoms with Gasteiger partial charge in [-0.05, 0) is 24.6 Å². The Hall–Kier alpha value is -1.59. The highest BCUT2D eigenvalue weighted by atomic mass is 35.5. The molecule has 0 radical (unpaired) electrons. The molecule has 0 aliphatic rings. The molecule has 1 aromatic carbocycles. The van der Waals surface area contributed by atoms with Crippen LogP contribution in [0.25, 0.3) is 10.9 Å². The molecule has 2 aromatic rings. The van der Waals surface area contributed by atoms with Crippen molar-refractivity contribution in [2.24, 2.45) is 0 Å². The average molecular weight is 203 g/mol. The number of aromatic nitrogens is 1. The number of nitriles is 1. The standard InChI is InChI=1S/C11H7ClN2/c1-7-4-8-2-3-10(12)9(5-13)11(8)14-6-7/h2-4,6H,1H3. The zero-order valence-corrected chi connectivity index (χ0v) is 8.34. The number of halogens is 1. The normalized spacial score (nSPS) is 10.1. The second kappa shape index (κ2) is 3.28. The van der Waals surface area contributed by atoms with Gasteiger partial charge < -0.3 is 0 Å². The van der Waals surface area contributed by atoms with Crippen LogP contribution < -0.4 is 0 Å². The molecule has 3 heteroatoms. The van der Waals surface area contributed by atoms with E-state index < -0.39 is 0 Å². The highest BCUT2D eigenvalue weighted by Crippen LogP contribution is 2.24. The van der Waals surface area contributed by atoms with Crippen LogP contribution in [0.3, 0.4) is 0 Å². The molecular weight excluding hydrogens is 196 g/mol. The Morgan fingerprint density at radius 3 is 2.93 bits per heavy atom. The van der Waals surface area contributed by atoms with Crippen LogP contribution >= 0.6 is 11.6 Å². The molecule has 0 aliphatic carbocycles. The monoisotopic (exact) mass is 202 g/mol. The minimum Gasteiger partial charge on any atom is -0.255 e. The number of pyridine rings is 1. The minimum absolute atomic E-state index is 0.448. The molecule has 68 valence electrons. The lowest BCUT2D eigenvalue weighted by Crippen LogP contribution is -1.86. The maximum Gasteiger partial charge on any atom is 0.103 e. The van der Waals surface area contributed by atoms with Crippen molar-refractivity contribution in [1.29, 1.82) is 5.26 Å². The Labute approximate surface area is 86.8 Å². The largest absolute Gasteiger partial charge is 0.255 e. The molecule has 1 heterocycles. The van der Waals surface area contributed by atoms with Gasteiger partial charge in [-0.2, -0.15) is 5.26 Å². The quantitative estimate of drug-likeness (QED) is 0.658. The fourth-order valence-corrected chi connectivity index (χ4v) is 1.59. The number of hydrogen-bond acceptors (Lipinski definition) is 2. The third-order valence-electron chi connectivity index (χ3n) is 2.05. The first kappa shape index (κ1) is 8.98. The Morgan fingerprint density at radius 2 is 2.21 bits per heavy atom. The van der Waals surface area contributed by atoms with E-state index in [1.54, 1.807) is 12.3 Å². The first-order valence-electron chi connectivity index (χ1n) is 4.17. The number of fused-ring (bicyclic) bond motifs is 1. The average Bonchev–Trinajstić information content (AvgIpc) is 2.18. The summed E-state index contributed by atoms with van der Waals surface area (Å²) >= 11 is 5.88. The second-order valence-corrected chi connectivity index (χ2v) is 3.53. The van der Waals surface area contributed by atoms with Crippen LogP contribution in [0.2, 0.25) is 5.02 Å². The maximum absolute atomic E-state index is 8.91. The Bertz CT molecular complexity index is 541. The molecule has 14 heavy (non-hydrogen) atoms. The van der Waals surface area contributed by atoms with Crippen molar-refractivity contribution in [2.45, 2.75) is 6.92 Å². The highest BCUT2D eigenvalue weighted by molar-refractivity contribution is 6.32. The van der Waals surface area contributed by atoms with Crippen LogP contribution in [0.5, 0.6) is 0 Å². The summed E-state index contributed by atoms with van der Waals surface area (Å²) in [6, 6.07) is 7.65. The lowest BCUT2D eigenvalue weighted by atomic mass is 10.1. The summed E-state index contributed by atoms with van der Waals surface area (Å²) in [6.45, 7) is 1.97. The van der Waals surface area contributed by atoms with Crippen LogP contribution in [0, 0.1) is 18.3 Å². The van der Waals surface area contributed by atoms with Crippen LogP contribution in [-0.2, 0) is 0 Å². The van der Waals surface area contributed by atoms with Gasteiger partial charge in [0.05, 0.1) is 16.1 Å². The van der Waals surface area contributed by atoms with Gasteiger partial charge in [-0.1, -0.05) is 17.7 Å². The summed E-state index contributed by atoms with van der Waals surface area (Å²) in [6.07, 6.45) is 1.74. The summed E-state index contributed by atoms with van der Waals surface area (Å²) < 4.78 is 0. The van der Waals surface area contributed by atoms with E-state index in [4.69, 9.17) is 16.9 Å². The smallest absolute Gasteiger partial charge is 0.103 e. The van der Waals surface area contributed by atoms with E-state index in [-0.39, 0.29) is 0 Å². The van der Waals surface area contributed by atoms with Crippen molar-refractivity contribution >= 4 is 22.5 Å². The molecule has 0 spiro atoms. The third kappa shape index (κ3) is 1.32. The Morgan fingerprint density at radius 1 is 1.43 bits per heavy atom. The van der Waals surface area contributed by atoms with E-state index in [0.717, 1.165) is 10.9 Å². The number of benzene rings is 1. The molecule has 0 unspecified atom stereocenters. The summed E-state index contributed by atoms with van der Waals surface area (Å²) in [5, 5.41) is 10.3. The predicted octanol–water partition coefficient (Wildman–Crippen LogP) is 3.07. The first-order valence-corrected chi connectivity index (χ1v) is 4.55. The molecule has 0 fully saturated rings. The molecule has 1 aromatic heterocycles. The third-order valence-corrected chi connectivity index (χ3v) is 2.37. The summed E-state index contributed by atoms with van der Waals surface area (Å²) in [5.41, 5.74) is 2.19. The minimum atomic E-state index is 0.448. The van der Waals surface area contributed by atoms with E-state index in [1.807, 2.05) is 19.1 Å². The van der Waals surface area contributed by atoms with Crippen molar-refractivity contribution < 1.29 is 0 Å². The van der Waals surface area contributed by atoms with Crippen LogP contribution in [0.15, 0.2) is 24.4 Å². The van der Waals surface area contributed by atoms with Gasteiger partial charge in [-0.3, -0.25) is 4.98 Å². The van der Waals surface area contributed by atoms with Gasteiger partial charge in [0.25, 0.3) is 0 Å². The van der Waals surface area contributed by atoms with Gasteiger partial charge in [0.15, 0.2) is 0 Å². The fourth-order valence-electron chi connectivity index (χ4n) is 1.39. The van der Waals surface area contributed by atoms with Crippen molar-refractivity contribution in [2.75, 3.05) is 0 Å². The topological polar surface area (TPSA) is 36.7 Å². The molecule has 0 bridgehead atoms. The van der Waals surface area contributed by atoms with Crippen molar-refractivity contribution in [3.63, 3.8) is 0 Å². The number of nitrogens with zero attached hydrogens (tertiary/aromatic N) is 2. The summed E-state index contributed by atoms with van der Waals surface area (Å²) in [4.78, 5) is 4.21. The van der Waals surface area contributed by atoms with Gasteiger partial charge in [-0.15, -0.1) is 0 Å².